The van der Waals surface area contributed by atoms with E-state index < -0.39 is 0 Å². The van der Waals surface area contributed by atoms with E-state index in [2.05, 4.69) is 0 Å². The van der Waals surface area contributed by atoms with Crippen LogP contribution in [0.4, 0.5) is 0 Å². The van der Waals surface area contributed by atoms with Crippen molar-refractivity contribution in [2.45, 2.75) is 19.9 Å². The highest BCUT2D eigenvalue weighted by Gasteiger charge is 2.21. The summed E-state index contributed by atoms with van der Waals surface area (Å²) in [6.45, 7) is 5.29. The average molecular weight is 242 g/mol. The molecule has 0 rings (SSSR count). The van der Waals surface area contributed by atoms with Gasteiger partial charge in [0.2, 0.25) is 0 Å². The fraction of sp³-hybridized carbons (Fsp3) is 0.889. The smallest absolute Gasteiger partial charge is 0.323 e. The van der Waals surface area contributed by atoms with E-state index in [1.165, 1.54) is 0 Å². The van der Waals surface area contributed by atoms with Crippen LogP contribution in [0, 0.1) is 0 Å². The number of alkyl halides is 2. The second kappa shape index (κ2) is 8.33. The minimum Gasteiger partial charge on any atom is -0.465 e. The number of esters is 1. The molecule has 0 unspecified atom stereocenters. The predicted octanol–water partition coefficient (Wildman–Crippen LogP) is 1.72. The summed E-state index contributed by atoms with van der Waals surface area (Å²) in [6, 6.07) is -0.271. The Balaban J connectivity index is 4.11. The van der Waals surface area contributed by atoms with E-state index in [4.69, 9.17) is 27.9 Å². The van der Waals surface area contributed by atoms with Crippen LogP contribution in [0.25, 0.3) is 0 Å². The number of hydrogen-bond donors (Lipinski definition) is 0. The lowest BCUT2D eigenvalue weighted by Gasteiger charge is -2.25. The number of hydrogen-bond acceptors (Lipinski definition) is 3. The second-order valence-electron chi connectivity index (χ2n) is 2.84. The van der Waals surface area contributed by atoms with Crippen LogP contribution in [0.3, 0.4) is 0 Å². The van der Waals surface area contributed by atoms with Crippen molar-refractivity contribution in [3.05, 3.63) is 0 Å². The van der Waals surface area contributed by atoms with Gasteiger partial charge in [-0.1, -0.05) is 0 Å². The first-order valence-electron chi connectivity index (χ1n) is 4.70. The van der Waals surface area contributed by atoms with Crippen molar-refractivity contribution in [1.29, 1.82) is 0 Å². The minimum atomic E-state index is -0.271. The van der Waals surface area contributed by atoms with Crippen molar-refractivity contribution in [3.8, 4) is 0 Å². The molecule has 0 aliphatic rings. The summed E-state index contributed by atoms with van der Waals surface area (Å²) in [5.74, 6) is 0.754. The Morgan fingerprint density at radius 1 is 1.36 bits per heavy atom. The lowest BCUT2D eigenvalue weighted by molar-refractivity contribution is -0.148. The first-order chi connectivity index (χ1) is 6.67. The van der Waals surface area contributed by atoms with Gasteiger partial charge in [-0.3, -0.25) is 9.69 Å². The molecule has 84 valence electrons. The fourth-order valence-corrected chi connectivity index (χ4v) is 1.56. The van der Waals surface area contributed by atoms with E-state index in [1.807, 2.05) is 4.90 Å². The lowest BCUT2D eigenvalue weighted by Crippen LogP contribution is -2.42. The third-order valence-electron chi connectivity index (χ3n) is 1.92. The largest absolute Gasteiger partial charge is 0.465 e. The van der Waals surface area contributed by atoms with Gasteiger partial charge in [-0.05, 0) is 13.8 Å². The van der Waals surface area contributed by atoms with E-state index in [0.717, 1.165) is 0 Å². The maximum absolute atomic E-state index is 11.4. The molecule has 0 saturated heterocycles. The average Bonchev–Trinajstić information content (AvgIpc) is 2.17. The summed E-state index contributed by atoms with van der Waals surface area (Å²) >= 11 is 11.2. The van der Waals surface area contributed by atoms with Crippen LogP contribution in [-0.4, -0.2) is 48.4 Å². The molecule has 0 heterocycles. The van der Waals surface area contributed by atoms with Gasteiger partial charge in [0.05, 0.1) is 6.61 Å². The van der Waals surface area contributed by atoms with Crippen molar-refractivity contribution in [1.82, 2.24) is 4.90 Å². The van der Waals surface area contributed by atoms with Gasteiger partial charge >= 0.3 is 5.97 Å². The first-order valence-corrected chi connectivity index (χ1v) is 5.76. The molecule has 0 aliphatic heterocycles. The Kier molecular flexibility index (Phi) is 8.34. The summed E-state index contributed by atoms with van der Waals surface area (Å²) in [7, 11) is 0. The van der Waals surface area contributed by atoms with E-state index in [-0.39, 0.29) is 12.0 Å². The highest BCUT2D eigenvalue weighted by Crippen LogP contribution is 2.02. The molecule has 0 aromatic heterocycles. The summed E-state index contributed by atoms with van der Waals surface area (Å²) in [5, 5.41) is 0. The zero-order chi connectivity index (χ0) is 11.0. The molecule has 1 atom stereocenters. The standard InChI is InChI=1S/C9H17Cl2NO2/c1-3-14-9(13)8(2)12(6-4-10)7-5-11/h8H,3-7H2,1-2H3/t8-/m1/s1. The van der Waals surface area contributed by atoms with Crippen molar-refractivity contribution < 1.29 is 9.53 Å². The molecule has 0 bridgehead atoms. The van der Waals surface area contributed by atoms with Gasteiger partial charge in [-0.2, -0.15) is 0 Å². The van der Waals surface area contributed by atoms with Crippen molar-refractivity contribution >= 4 is 29.2 Å². The van der Waals surface area contributed by atoms with Gasteiger partial charge < -0.3 is 4.74 Å². The number of halogens is 2. The summed E-state index contributed by atoms with van der Waals surface area (Å²) in [6.07, 6.45) is 0. The third kappa shape index (κ3) is 5.03. The maximum Gasteiger partial charge on any atom is 0.323 e. The second-order valence-corrected chi connectivity index (χ2v) is 3.60. The van der Waals surface area contributed by atoms with Gasteiger partial charge in [0, 0.05) is 24.8 Å². The summed E-state index contributed by atoms with van der Waals surface area (Å²) in [5.41, 5.74) is 0. The molecule has 3 nitrogen and oxygen atoms in total. The Bertz CT molecular complexity index is 161. The van der Waals surface area contributed by atoms with Crippen LogP contribution in [0.2, 0.25) is 0 Å². The quantitative estimate of drug-likeness (QED) is 0.503. The molecule has 0 amide bonds. The van der Waals surface area contributed by atoms with Crippen LogP contribution >= 0.6 is 23.2 Å². The SMILES string of the molecule is CCOC(=O)[C@@H](C)N(CCCl)CCCl. The molecule has 0 aromatic carbocycles. The number of carbonyl (C=O) groups excluding carboxylic acids is 1. The van der Waals surface area contributed by atoms with Crippen LogP contribution in [0.5, 0.6) is 0 Å². The molecule has 0 saturated carbocycles. The molecule has 0 N–H and O–H groups in total. The summed E-state index contributed by atoms with van der Waals surface area (Å²) in [4.78, 5) is 13.3. The molecular formula is C9H17Cl2NO2. The lowest BCUT2D eigenvalue weighted by atomic mass is 10.3. The first kappa shape index (κ1) is 14.0. The van der Waals surface area contributed by atoms with Crippen LogP contribution in [-0.2, 0) is 9.53 Å². The maximum atomic E-state index is 11.4. The molecule has 0 spiro atoms. The van der Waals surface area contributed by atoms with Gasteiger partial charge in [-0.25, -0.2) is 0 Å². The number of rotatable bonds is 7. The molecule has 14 heavy (non-hydrogen) atoms. The van der Waals surface area contributed by atoms with Crippen molar-refractivity contribution in [2.75, 3.05) is 31.5 Å². The third-order valence-corrected chi connectivity index (χ3v) is 2.26. The van der Waals surface area contributed by atoms with Gasteiger partial charge in [0.15, 0.2) is 0 Å². The Morgan fingerprint density at radius 2 is 1.86 bits per heavy atom. The summed E-state index contributed by atoms with van der Waals surface area (Å²) < 4.78 is 4.91. The normalized spacial score (nSPS) is 12.9. The Hall–Kier alpha value is 0.01000. The van der Waals surface area contributed by atoms with Crippen molar-refractivity contribution in [2.24, 2.45) is 0 Å². The Labute approximate surface area is 95.3 Å². The van der Waals surface area contributed by atoms with E-state index >= 15 is 0 Å². The number of nitrogens with zero attached hydrogens (tertiary/aromatic N) is 1. The van der Waals surface area contributed by atoms with Crippen LogP contribution in [0.1, 0.15) is 13.8 Å². The Morgan fingerprint density at radius 3 is 2.21 bits per heavy atom. The number of ether oxygens (including phenoxy) is 1. The topological polar surface area (TPSA) is 29.5 Å². The van der Waals surface area contributed by atoms with E-state index in [1.54, 1.807) is 13.8 Å². The monoisotopic (exact) mass is 241 g/mol. The predicted molar refractivity (Wildman–Crippen MR) is 59.1 cm³/mol. The molecule has 0 aromatic rings. The fourth-order valence-electron chi connectivity index (χ4n) is 1.13. The highest BCUT2D eigenvalue weighted by molar-refractivity contribution is 6.18. The van der Waals surface area contributed by atoms with Gasteiger partial charge in [0.1, 0.15) is 6.04 Å². The number of carbonyl (C=O) groups is 1. The minimum absolute atomic E-state index is 0.220. The molecular weight excluding hydrogens is 225 g/mol. The molecule has 0 fully saturated rings. The van der Waals surface area contributed by atoms with Crippen LogP contribution in [0.15, 0.2) is 0 Å². The molecule has 0 aliphatic carbocycles. The molecule has 5 heteroatoms. The van der Waals surface area contributed by atoms with Gasteiger partial charge in [-0.15, -0.1) is 23.2 Å². The van der Waals surface area contributed by atoms with E-state index in [0.29, 0.717) is 31.5 Å². The highest BCUT2D eigenvalue weighted by atomic mass is 35.5. The zero-order valence-electron chi connectivity index (χ0n) is 8.63. The van der Waals surface area contributed by atoms with Crippen LogP contribution < -0.4 is 0 Å². The molecule has 0 radical (unpaired) electrons. The van der Waals surface area contributed by atoms with E-state index in [9.17, 15) is 4.79 Å². The van der Waals surface area contributed by atoms with Crippen molar-refractivity contribution in [3.63, 3.8) is 0 Å². The zero-order valence-corrected chi connectivity index (χ0v) is 10.1. The van der Waals surface area contributed by atoms with Gasteiger partial charge in [0.25, 0.3) is 0 Å².